The summed E-state index contributed by atoms with van der Waals surface area (Å²) in [6.45, 7) is 12.9. The molecule has 0 spiro atoms. The molecule has 0 saturated carbocycles. The number of ether oxygens (including phenoxy) is 4. The van der Waals surface area contributed by atoms with Crippen LogP contribution in [0, 0.1) is 10.1 Å². The van der Waals surface area contributed by atoms with Gasteiger partial charge in [-0.05, 0) is 12.1 Å². The lowest BCUT2D eigenvalue weighted by Gasteiger charge is -2.57. The second-order valence-electron chi connectivity index (χ2n) is 11.9. The zero-order valence-electron chi connectivity index (χ0n) is 23.8. The minimum absolute atomic E-state index is 0.105. The Morgan fingerprint density at radius 1 is 1.10 bits per heavy atom. The predicted octanol–water partition coefficient (Wildman–Crippen LogP) is 5.55. The van der Waals surface area contributed by atoms with Gasteiger partial charge in [0.1, 0.15) is 30.6 Å². The van der Waals surface area contributed by atoms with Crippen molar-refractivity contribution in [3.8, 4) is 5.75 Å². The lowest BCUT2D eigenvalue weighted by Crippen LogP contribution is -2.74. The standard InChI is InChI=1S/C25H35Cl3N2O10Si/c1-14(31)37-20-18(29-22(32)35-13-25(26,27)28)21(38-16-10-8-15(9-11-16)30(33)34)39-17-12-36-41(23(2,3)4,24(5,6)7)40-19(17)20/h8-11,17-21H,12-13H2,1-7H3,(H,29,32)/t17-,18-,19+,20-,21+/m1/s1. The Balaban J connectivity index is 2.02. The number of nitro groups is 1. The summed E-state index contributed by atoms with van der Waals surface area (Å²) in [4.78, 5) is 35.7. The first-order valence-corrected chi connectivity index (χ1v) is 15.7. The van der Waals surface area contributed by atoms with Gasteiger partial charge in [-0.1, -0.05) is 76.3 Å². The fraction of sp³-hybridized carbons (Fsp3) is 0.680. The number of halogens is 3. The number of rotatable bonds is 6. The molecule has 0 unspecified atom stereocenters. The van der Waals surface area contributed by atoms with Crippen LogP contribution in [0.5, 0.6) is 5.75 Å². The van der Waals surface area contributed by atoms with Gasteiger partial charge in [0, 0.05) is 29.1 Å². The van der Waals surface area contributed by atoms with Crippen LogP contribution in [-0.2, 0) is 27.9 Å². The van der Waals surface area contributed by atoms with E-state index in [1.165, 1.54) is 31.2 Å². The number of alkyl halides is 3. The van der Waals surface area contributed by atoms with Crippen LogP contribution < -0.4 is 10.1 Å². The molecule has 1 aromatic rings. The summed E-state index contributed by atoms with van der Waals surface area (Å²) >= 11 is 17.2. The smallest absolute Gasteiger partial charge is 0.407 e. The van der Waals surface area contributed by atoms with Crippen molar-refractivity contribution in [1.82, 2.24) is 5.32 Å². The topological polar surface area (TPSA) is 145 Å². The lowest BCUT2D eigenvalue weighted by atomic mass is 9.96. The highest BCUT2D eigenvalue weighted by molar-refractivity contribution is 6.73. The molecule has 0 aromatic heterocycles. The molecular formula is C25H35Cl3N2O10Si. The summed E-state index contributed by atoms with van der Waals surface area (Å²) in [6, 6.07) is 4.07. The van der Waals surface area contributed by atoms with Gasteiger partial charge >= 0.3 is 20.6 Å². The molecule has 1 amide bonds. The van der Waals surface area contributed by atoms with E-state index in [2.05, 4.69) is 5.32 Å². The average molecular weight is 658 g/mol. The summed E-state index contributed by atoms with van der Waals surface area (Å²) in [6.07, 6.45) is -5.00. The largest absolute Gasteiger partial charge is 0.463 e. The molecule has 2 aliphatic rings. The molecule has 12 nitrogen and oxygen atoms in total. The molecule has 0 radical (unpaired) electrons. The number of carbonyl (C=O) groups is 2. The monoisotopic (exact) mass is 656 g/mol. The van der Waals surface area contributed by atoms with Gasteiger partial charge in [0.2, 0.25) is 10.1 Å². The van der Waals surface area contributed by atoms with E-state index in [-0.39, 0.29) is 18.0 Å². The van der Waals surface area contributed by atoms with Crippen LogP contribution in [-0.4, -0.2) is 73.2 Å². The van der Waals surface area contributed by atoms with Crippen molar-refractivity contribution in [2.75, 3.05) is 13.2 Å². The van der Waals surface area contributed by atoms with Gasteiger partial charge in [-0.15, -0.1) is 0 Å². The number of nitrogens with one attached hydrogen (secondary N) is 1. The lowest BCUT2D eigenvalue weighted by molar-refractivity contribution is -0.384. The predicted molar refractivity (Wildman–Crippen MR) is 153 cm³/mol. The van der Waals surface area contributed by atoms with Crippen molar-refractivity contribution in [2.24, 2.45) is 0 Å². The number of nitro benzene ring substituents is 1. The zero-order chi connectivity index (χ0) is 31.0. The van der Waals surface area contributed by atoms with Crippen LogP contribution in [0.25, 0.3) is 0 Å². The van der Waals surface area contributed by atoms with Crippen molar-refractivity contribution in [3.63, 3.8) is 0 Å². The molecule has 2 saturated heterocycles. The second-order valence-corrected chi connectivity index (χ2v) is 19.1. The summed E-state index contributed by atoms with van der Waals surface area (Å²) < 4.78 is 34.5. The van der Waals surface area contributed by atoms with Crippen LogP contribution in [0.1, 0.15) is 48.5 Å². The molecular weight excluding hydrogens is 623 g/mol. The van der Waals surface area contributed by atoms with E-state index < -0.39 is 76.7 Å². The van der Waals surface area contributed by atoms with Crippen molar-refractivity contribution >= 4 is 61.1 Å². The third-order valence-corrected chi connectivity index (χ3v) is 12.1. The van der Waals surface area contributed by atoms with Crippen LogP contribution in [0.2, 0.25) is 10.1 Å². The minimum Gasteiger partial charge on any atom is -0.463 e. The number of hydrogen-bond acceptors (Lipinski definition) is 10. The van der Waals surface area contributed by atoms with Crippen molar-refractivity contribution < 1.29 is 42.3 Å². The summed E-state index contributed by atoms with van der Waals surface area (Å²) in [5.41, 5.74) is -0.149. The second kappa shape index (κ2) is 12.4. The number of esters is 1. The first kappa shape index (κ1) is 33.6. The molecule has 3 rings (SSSR count). The van der Waals surface area contributed by atoms with Crippen molar-refractivity contribution in [1.29, 1.82) is 0 Å². The molecule has 2 heterocycles. The third-order valence-electron chi connectivity index (χ3n) is 6.63. The molecule has 2 aliphatic heterocycles. The highest BCUT2D eigenvalue weighted by atomic mass is 35.6. The van der Waals surface area contributed by atoms with Crippen molar-refractivity contribution in [2.45, 2.75) is 93.0 Å². The van der Waals surface area contributed by atoms with Gasteiger partial charge in [0.25, 0.3) is 5.69 Å². The molecule has 0 bridgehead atoms. The molecule has 1 aromatic carbocycles. The number of benzene rings is 1. The highest BCUT2D eigenvalue weighted by Crippen LogP contribution is 2.55. The Labute approximate surface area is 254 Å². The first-order valence-electron chi connectivity index (χ1n) is 12.8. The molecule has 16 heteroatoms. The summed E-state index contributed by atoms with van der Waals surface area (Å²) in [5.74, 6) is -0.451. The maximum atomic E-state index is 12.8. The fourth-order valence-corrected chi connectivity index (χ4v) is 10.3. The van der Waals surface area contributed by atoms with Gasteiger partial charge in [-0.3, -0.25) is 14.9 Å². The van der Waals surface area contributed by atoms with E-state index in [4.69, 9.17) is 62.6 Å². The van der Waals surface area contributed by atoms with E-state index in [0.717, 1.165) is 0 Å². The van der Waals surface area contributed by atoms with Crippen molar-refractivity contribution in [3.05, 3.63) is 34.4 Å². The Bertz CT molecular complexity index is 1110. The van der Waals surface area contributed by atoms with E-state index in [0.29, 0.717) is 0 Å². The number of nitrogens with zero attached hydrogens (tertiary/aromatic N) is 1. The van der Waals surface area contributed by atoms with Gasteiger partial charge in [0.15, 0.2) is 6.10 Å². The van der Waals surface area contributed by atoms with Gasteiger partial charge in [0.05, 0.1) is 11.5 Å². The molecule has 1 N–H and O–H groups in total. The summed E-state index contributed by atoms with van der Waals surface area (Å²) in [7, 11) is -3.08. The average Bonchev–Trinajstić information content (AvgIpc) is 2.82. The zero-order valence-corrected chi connectivity index (χ0v) is 27.0. The van der Waals surface area contributed by atoms with Crippen LogP contribution in [0.3, 0.4) is 0 Å². The fourth-order valence-electron chi connectivity index (χ4n) is 5.21. The minimum atomic E-state index is -3.08. The van der Waals surface area contributed by atoms with Crippen LogP contribution in [0.15, 0.2) is 24.3 Å². The Hall–Kier alpha value is -1.87. The molecule has 5 atom stereocenters. The van der Waals surface area contributed by atoms with Crippen LogP contribution in [0.4, 0.5) is 10.5 Å². The normalized spacial score (nSPS) is 26.3. The number of hydrogen-bond donors (Lipinski definition) is 1. The van der Waals surface area contributed by atoms with Gasteiger partial charge in [-0.2, -0.15) is 0 Å². The van der Waals surface area contributed by atoms with Gasteiger partial charge < -0.3 is 33.1 Å². The SMILES string of the molecule is CC(=O)O[C@@H]1[C@@H](NC(=O)OCC(Cl)(Cl)Cl)[C@@H](Oc2ccc([N+](=O)[O-])cc2)O[C@@H]2CO[Si](C(C)(C)C)(C(C)(C)C)O[C@H]12. The Morgan fingerprint density at radius 2 is 1.68 bits per heavy atom. The number of non-ortho nitro benzene ring substituents is 1. The Kier molecular flexibility index (Phi) is 10.2. The van der Waals surface area contributed by atoms with E-state index in [1.807, 2.05) is 41.5 Å². The number of alkyl carbamates (subject to hydrolysis) is 1. The third kappa shape index (κ3) is 7.95. The molecule has 230 valence electrons. The number of fused-ring (bicyclic) bond motifs is 1. The molecule has 2 fully saturated rings. The first-order chi connectivity index (χ1) is 18.7. The van der Waals surface area contributed by atoms with Crippen LogP contribution >= 0.6 is 34.8 Å². The molecule has 0 aliphatic carbocycles. The number of carbonyl (C=O) groups excluding carboxylic acids is 2. The number of amides is 1. The maximum absolute atomic E-state index is 12.8. The Morgan fingerprint density at radius 3 is 2.17 bits per heavy atom. The summed E-state index contributed by atoms with van der Waals surface area (Å²) in [5, 5.41) is 12.9. The van der Waals surface area contributed by atoms with E-state index in [1.54, 1.807) is 0 Å². The van der Waals surface area contributed by atoms with E-state index >= 15 is 0 Å². The molecule has 41 heavy (non-hydrogen) atoms. The maximum Gasteiger partial charge on any atom is 0.407 e. The van der Waals surface area contributed by atoms with E-state index in [9.17, 15) is 19.7 Å². The quantitative estimate of drug-likeness (QED) is 0.136. The highest BCUT2D eigenvalue weighted by Gasteiger charge is 2.65. The van der Waals surface area contributed by atoms with Gasteiger partial charge in [-0.25, -0.2) is 4.79 Å².